The lowest BCUT2D eigenvalue weighted by Crippen LogP contribution is -1.99. The summed E-state index contributed by atoms with van der Waals surface area (Å²) in [5.41, 5.74) is 0. The number of carboxylic acid groups (broad SMARTS) is 1. The minimum absolute atomic E-state index is 0.0168. The first-order valence-corrected chi connectivity index (χ1v) is 9.13. The van der Waals surface area contributed by atoms with Gasteiger partial charge in [0.05, 0.1) is 25.4 Å². The van der Waals surface area contributed by atoms with Crippen LogP contribution in [0.2, 0.25) is 0 Å². The molecule has 0 bridgehead atoms. The van der Waals surface area contributed by atoms with Crippen molar-refractivity contribution in [3.05, 3.63) is 73.1 Å². The number of rotatable bonds is 15. The molecule has 0 aliphatic carbocycles. The first-order chi connectivity index (χ1) is 12.7. The predicted octanol–water partition coefficient (Wildman–Crippen LogP) is 5.10. The van der Waals surface area contributed by atoms with Crippen molar-refractivity contribution in [2.45, 2.75) is 51.6 Å². The van der Waals surface area contributed by atoms with Crippen LogP contribution in [0.5, 0.6) is 0 Å². The van der Waals surface area contributed by atoms with Crippen molar-refractivity contribution in [2.75, 3.05) is 6.61 Å². The predicted molar refractivity (Wildman–Crippen MR) is 108 cm³/mol. The van der Waals surface area contributed by atoms with Gasteiger partial charge in [0.25, 0.3) is 0 Å². The maximum absolute atomic E-state index is 10.3. The third kappa shape index (κ3) is 19.7. The highest BCUT2D eigenvalue weighted by Gasteiger charge is 1.94. The van der Waals surface area contributed by atoms with Gasteiger partial charge < -0.3 is 14.9 Å². The summed E-state index contributed by atoms with van der Waals surface area (Å²) in [4.78, 5) is 10.3. The van der Waals surface area contributed by atoms with E-state index < -0.39 is 12.1 Å². The van der Waals surface area contributed by atoms with Crippen LogP contribution >= 0.6 is 0 Å². The largest absolute Gasteiger partial charge is 0.501 e. The van der Waals surface area contributed by atoms with Crippen molar-refractivity contribution in [1.29, 1.82) is 0 Å². The molecule has 0 aliphatic heterocycles. The van der Waals surface area contributed by atoms with Crippen molar-refractivity contribution in [2.24, 2.45) is 0 Å². The van der Waals surface area contributed by atoms with Gasteiger partial charge in [-0.2, -0.15) is 0 Å². The molecule has 4 nitrogen and oxygen atoms in total. The van der Waals surface area contributed by atoms with Crippen molar-refractivity contribution in [1.82, 2.24) is 0 Å². The highest BCUT2D eigenvalue weighted by Crippen LogP contribution is 2.00. The molecule has 0 aromatic rings. The fourth-order valence-electron chi connectivity index (χ4n) is 1.81. The van der Waals surface area contributed by atoms with Crippen LogP contribution in [-0.2, 0) is 9.53 Å². The molecule has 0 saturated carbocycles. The van der Waals surface area contributed by atoms with Crippen molar-refractivity contribution in [3.63, 3.8) is 0 Å². The smallest absolute Gasteiger partial charge is 0.306 e. The van der Waals surface area contributed by atoms with Gasteiger partial charge in [-0.1, -0.05) is 67.7 Å². The monoisotopic (exact) mass is 360 g/mol. The maximum atomic E-state index is 10.3. The number of aliphatic hydroxyl groups excluding tert-OH is 1. The van der Waals surface area contributed by atoms with E-state index in [4.69, 9.17) is 9.84 Å². The molecule has 26 heavy (non-hydrogen) atoms. The molecule has 1 unspecified atom stereocenters. The third-order valence-electron chi connectivity index (χ3n) is 3.17. The highest BCUT2D eigenvalue weighted by molar-refractivity contribution is 5.66. The van der Waals surface area contributed by atoms with Gasteiger partial charge in [0.15, 0.2) is 0 Å². The molecule has 0 aromatic carbocycles. The Kier molecular flexibility index (Phi) is 17.3. The number of aliphatic carboxylic acids is 1. The van der Waals surface area contributed by atoms with Crippen LogP contribution < -0.4 is 0 Å². The zero-order valence-corrected chi connectivity index (χ0v) is 15.7. The van der Waals surface area contributed by atoms with Crippen LogP contribution in [-0.4, -0.2) is 28.9 Å². The first-order valence-electron chi connectivity index (χ1n) is 9.13. The summed E-state index contributed by atoms with van der Waals surface area (Å²) in [5.74, 6) is -0.856. The van der Waals surface area contributed by atoms with Gasteiger partial charge >= 0.3 is 5.97 Å². The zero-order chi connectivity index (χ0) is 19.3. The second-order valence-corrected chi connectivity index (χ2v) is 5.55. The number of aliphatic hydroxyl groups is 1. The Bertz CT molecular complexity index is 510. The van der Waals surface area contributed by atoms with E-state index in [9.17, 15) is 9.90 Å². The van der Waals surface area contributed by atoms with Gasteiger partial charge in [-0.3, -0.25) is 4.79 Å². The highest BCUT2D eigenvalue weighted by atomic mass is 16.5. The second kappa shape index (κ2) is 19.0. The normalized spacial score (nSPS) is 14.1. The molecule has 1 atom stereocenters. The van der Waals surface area contributed by atoms with Crippen molar-refractivity contribution < 1.29 is 19.7 Å². The average molecular weight is 360 g/mol. The van der Waals surface area contributed by atoms with E-state index in [0.717, 1.165) is 32.1 Å². The molecule has 0 aromatic heterocycles. The third-order valence-corrected chi connectivity index (χ3v) is 3.17. The minimum atomic E-state index is -0.856. The Morgan fingerprint density at radius 2 is 1.69 bits per heavy atom. The summed E-state index contributed by atoms with van der Waals surface area (Å²) < 4.78 is 5.03. The summed E-state index contributed by atoms with van der Waals surface area (Å²) >= 11 is 0. The van der Waals surface area contributed by atoms with Gasteiger partial charge in [-0.15, -0.1) is 0 Å². The molecule has 0 rings (SSSR count). The summed E-state index contributed by atoms with van der Waals surface area (Å²) in [6.07, 6.45) is 27.1. The average Bonchev–Trinajstić information content (AvgIpc) is 2.61. The molecule has 0 saturated heterocycles. The standard InChI is InChI=1S/C22H32O4/c1-2-3-4-13-16-21(23)17-14-11-9-7-5-6-8-10-12-15-19-26-20-18-22(24)25/h3-5,7-11,14-15,17,19,21,23H,2,6,12-13,16,18,20H2,1H3,(H,24,25). The molecule has 0 fully saturated rings. The number of hydrogen-bond donors (Lipinski definition) is 2. The molecule has 4 heteroatoms. The number of ether oxygens (including phenoxy) is 1. The quantitative estimate of drug-likeness (QED) is 0.184. The Hall–Kier alpha value is -2.33. The Morgan fingerprint density at radius 3 is 2.42 bits per heavy atom. The van der Waals surface area contributed by atoms with Gasteiger partial charge in [0.1, 0.15) is 0 Å². The lowest BCUT2D eigenvalue weighted by molar-refractivity contribution is -0.137. The molecule has 0 aliphatic rings. The molecule has 2 N–H and O–H groups in total. The molecular weight excluding hydrogens is 328 g/mol. The summed E-state index contributed by atoms with van der Waals surface area (Å²) in [6.45, 7) is 2.30. The molecular formula is C22H32O4. The van der Waals surface area contributed by atoms with E-state index in [1.54, 1.807) is 6.08 Å². The van der Waals surface area contributed by atoms with E-state index in [0.29, 0.717) is 0 Å². The maximum Gasteiger partial charge on any atom is 0.306 e. The van der Waals surface area contributed by atoms with Crippen molar-refractivity contribution in [3.8, 4) is 0 Å². The summed E-state index contributed by atoms with van der Waals surface area (Å²) in [6, 6.07) is 0. The fourth-order valence-corrected chi connectivity index (χ4v) is 1.81. The SMILES string of the molecule is CCC=CCCC(O)C=CC=CC=CCC=CCC=COCCC(=O)O. The van der Waals surface area contributed by atoms with Crippen LogP contribution in [0.1, 0.15) is 45.4 Å². The Morgan fingerprint density at radius 1 is 0.962 bits per heavy atom. The van der Waals surface area contributed by atoms with E-state index in [1.807, 2.05) is 42.5 Å². The zero-order valence-electron chi connectivity index (χ0n) is 15.7. The second-order valence-electron chi connectivity index (χ2n) is 5.55. The number of carbonyl (C=O) groups is 1. The number of hydrogen-bond acceptors (Lipinski definition) is 3. The summed E-state index contributed by atoms with van der Waals surface area (Å²) in [5, 5.41) is 18.2. The topological polar surface area (TPSA) is 66.8 Å². The first kappa shape index (κ1) is 23.7. The molecule has 0 radical (unpaired) electrons. The minimum Gasteiger partial charge on any atom is -0.501 e. The van der Waals surface area contributed by atoms with Gasteiger partial charge in [-0.25, -0.2) is 0 Å². The van der Waals surface area contributed by atoms with Crippen LogP contribution in [0.15, 0.2) is 73.1 Å². The van der Waals surface area contributed by atoms with Gasteiger partial charge in [0.2, 0.25) is 0 Å². The van der Waals surface area contributed by atoms with Gasteiger partial charge in [0, 0.05) is 0 Å². The molecule has 0 heterocycles. The Labute approximate surface area is 157 Å². The van der Waals surface area contributed by atoms with Crippen molar-refractivity contribution >= 4 is 5.97 Å². The fraction of sp³-hybridized carbons (Fsp3) is 0.409. The lowest BCUT2D eigenvalue weighted by atomic mass is 10.1. The van der Waals surface area contributed by atoms with E-state index in [1.165, 1.54) is 6.26 Å². The Balaban J connectivity index is 3.68. The number of allylic oxidation sites excluding steroid dienone is 10. The van der Waals surface area contributed by atoms with E-state index in [-0.39, 0.29) is 13.0 Å². The van der Waals surface area contributed by atoms with Crippen LogP contribution in [0, 0.1) is 0 Å². The van der Waals surface area contributed by atoms with Crippen LogP contribution in [0.25, 0.3) is 0 Å². The lowest BCUT2D eigenvalue weighted by Gasteiger charge is -2.00. The molecule has 0 spiro atoms. The van der Waals surface area contributed by atoms with Crippen LogP contribution in [0.3, 0.4) is 0 Å². The van der Waals surface area contributed by atoms with Gasteiger partial charge in [-0.05, 0) is 38.2 Å². The van der Waals surface area contributed by atoms with E-state index >= 15 is 0 Å². The van der Waals surface area contributed by atoms with E-state index in [2.05, 4.69) is 25.2 Å². The molecule has 0 amide bonds. The summed E-state index contributed by atoms with van der Waals surface area (Å²) in [7, 11) is 0. The number of carboxylic acids is 1. The van der Waals surface area contributed by atoms with Crippen LogP contribution in [0.4, 0.5) is 0 Å². The molecule has 144 valence electrons.